The van der Waals surface area contributed by atoms with E-state index in [4.69, 9.17) is 18.9 Å². The predicted octanol–water partition coefficient (Wildman–Crippen LogP) is 4.94. The van der Waals surface area contributed by atoms with E-state index in [1.165, 1.54) is 93.8 Å². The molecule has 0 atom stereocenters. The van der Waals surface area contributed by atoms with Gasteiger partial charge in [-0.1, -0.05) is 285 Å². The SMILES string of the molecule is C1CCOC1.C1CCOC1.C1CCOC1.C1CCOC1.[Cl-].[Cl-].[Cr+3].[Li+].c1ccc(P([CH-]P(c2ccccc2)c2ccccc2)c2ccccc2)cc1.c1ccc(P([CH-]P(c2ccccc2)c2ccccc2)c2ccccc2)cc1. The van der Waals surface area contributed by atoms with E-state index in [1.807, 2.05) is 0 Å². The Bertz CT molecular complexity index is 2040. The number of hydrogen-bond donors (Lipinski definition) is 0. The zero-order chi connectivity index (χ0) is 50.8. The Morgan fingerprint density at radius 2 is 0.333 bits per heavy atom. The third kappa shape index (κ3) is 25.9. The summed E-state index contributed by atoms with van der Waals surface area (Å²) in [5.74, 6) is 5.22. The molecular formula is C66H74Cl2CrLiO4P4. The second-order valence-electron chi connectivity index (χ2n) is 17.7. The van der Waals surface area contributed by atoms with Crippen LogP contribution in [-0.2, 0) is 36.3 Å². The van der Waals surface area contributed by atoms with Crippen LogP contribution in [0, 0.1) is 11.8 Å². The Balaban J connectivity index is 0.000000290. The fourth-order valence-electron chi connectivity index (χ4n) is 8.11. The molecule has 0 spiro atoms. The van der Waals surface area contributed by atoms with Gasteiger partial charge in [0.1, 0.15) is 0 Å². The van der Waals surface area contributed by atoms with E-state index in [1.54, 1.807) is 0 Å². The maximum absolute atomic E-state index is 4.94. The van der Waals surface area contributed by atoms with Gasteiger partial charge in [0.2, 0.25) is 0 Å². The quantitative estimate of drug-likeness (QED) is 0.0989. The van der Waals surface area contributed by atoms with Crippen molar-refractivity contribution in [1.29, 1.82) is 0 Å². The standard InChI is InChI=1S/2C25H21P2.4C4H8O.2ClH.Cr.Li/c2*1-5-13-22(14-6-1)26(23-15-7-2-8-16-23)21-27(24-17-9-3-10-18-24)25-19-11-4-12-20-25;4*1-2-4-5-3-1;;;;/h2*1-21H;4*1-4H2;2*1H;;/q2*-1;;;;;;;+3;+1/p-2. The summed E-state index contributed by atoms with van der Waals surface area (Å²) in [4.78, 5) is 0. The van der Waals surface area contributed by atoms with Crippen molar-refractivity contribution < 1.29 is 80.0 Å². The van der Waals surface area contributed by atoms with Crippen LogP contribution in [0.25, 0.3) is 0 Å². The summed E-state index contributed by atoms with van der Waals surface area (Å²) in [5, 5.41) is 11.2. The molecule has 0 aliphatic carbocycles. The third-order valence-corrected chi connectivity index (χ3v) is 22.6. The van der Waals surface area contributed by atoms with Gasteiger partial charge < -0.3 is 43.8 Å². The molecule has 8 aromatic rings. The van der Waals surface area contributed by atoms with Crippen molar-refractivity contribution in [3.8, 4) is 0 Å². The number of hydrogen-bond acceptors (Lipinski definition) is 4. The molecule has 0 unspecified atom stereocenters. The average molecular weight is 1190 g/mol. The minimum atomic E-state index is -0.534. The topological polar surface area (TPSA) is 36.9 Å². The van der Waals surface area contributed by atoms with Gasteiger partial charge >= 0.3 is 36.2 Å². The Hall–Kier alpha value is -2.97. The molecular weight excluding hydrogens is 1110 g/mol. The van der Waals surface area contributed by atoms with E-state index in [0.717, 1.165) is 52.9 Å². The summed E-state index contributed by atoms with van der Waals surface area (Å²) in [6.07, 6.45) is 10.2. The van der Waals surface area contributed by atoms with Gasteiger partial charge in [-0.2, -0.15) is 31.7 Å². The van der Waals surface area contributed by atoms with Crippen LogP contribution in [0.5, 0.6) is 0 Å². The van der Waals surface area contributed by atoms with Crippen molar-refractivity contribution in [3.63, 3.8) is 0 Å². The second-order valence-corrected chi connectivity index (χ2v) is 26.6. The average Bonchev–Trinajstić information content (AvgIpc) is 4.38. The molecule has 8 aromatic carbocycles. The minimum absolute atomic E-state index is 0. The van der Waals surface area contributed by atoms with Crippen LogP contribution in [-0.4, -0.2) is 52.9 Å². The number of ether oxygens (including phenoxy) is 4. The van der Waals surface area contributed by atoms with Crippen LogP contribution in [0.4, 0.5) is 0 Å². The summed E-state index contributed by atoms with van der Waals surface area (Å²) >= 11 is 0. The van der Waals surface area contributed by atoms with Crippen LogP contribution in [0.2, 0.25) is 0 Å². The number of benzene rings is 8. The van der Waals surface area contributed by atoms with Gasteiger partial charge in [-0.15, -0.1) is 0 Å². The normalized spacial score (nSPS) is 13.8. The molecule has 0 amide bonds. The van der Waals surface area contributed by atoms with Gasteiger partial charge in [-0.25, -0.2) is 0 Å². The molecule has 12 rings (SSSR count). The first-order valence-corrected chi connectivity index (χ1v) is 32.1. The van der Waals surface area contributed by atoms with Crippen molar-refractivity contribution in [2.45, 2.75) is 51.4 Å². The molecule has 0 N–H and O–H groups in total. The second kappa shape index (κ2) is 43.7. The van der Waals surface area contributed by atoms with E-state index in [0.29, 0.717) is 0 Å². The Morgan fingerprint density at radius 1 is 0.218 bits per heavy atom. The van der Waals surface area contributed by atoms with Crippen LogP contribution in [0.15, 0.2) is 243 Å². The van der Waals surface area contributed by atoms with Crippen molar-refractivity contribution in [1.82, 2.24) is 0 Å². The fourth-order valence-corrected chi connectivity index (χ4v) is 19.4. The van der Waals surface area contributed by atoms with E-state index >= 15 is 0 Å². The molecule has 4 aliphatic rings. The first kappa shape index (κ1) is 69.3. The summed E-state index contributed by atoms with van der Waals surface area (Å²) in [7, 11) is -2.13. The van der Waals surface area contributed by atoms with Crippen molar-refractivity contribution in [3.05, 3.63) is 254 Å². The van der Waals surface area contributed by atoms with Crippen molar-refractivity contribution in [2.75, 3.05) is 52.9 Å². The number of rotatable bonds is 12. The predicted molar refractivity (Wildman–Crippen MR) is 325 cm³/mol. The Kier molecular flexibility index (Phi) is 38.8. The molecule has 4 aliphatic heterocycles. The summed E-state index contributed by atoms with van der Waals surface area (Å²) in [5.41, 5.74) is 0. The van der Waals surface area contributed by atoms with Crippen molar-refractivity contribution in [2.24, 2.45) is 0 Å². The van der Waals surface area contributed by atoms with E-state index in [2.05, 4.69) is 254 Å². The molecule has 0 saturated carbocycles. The van der Waals surface area contributed by atoms with E-state index in [9.17, 15) is 0 Å². The van der Waals surface area contributed by atoms with Crippen LogP contribution in [0.3, 0.4) is 0 Å². The van der Waals surface area contributed by atoms with Gasteiger partial charge in [-0.3, -0.25) is 11.8 Å². The van der Waals surface area contributed by atoms with Crippen LogP contribution in [0.1, 0.15) is 51.4 Å². The zero-order valence-corrected chi connectivity index (χ0v) is 51.5. The van der Waals surface area contributed by atoms with Gasteiger partial charge in [0.25, 0.3) is 0 Å². The molecule has 403 valence electrons. The molecule has 4 nitrogen and oxygen atoms in total. The molecule has 4 fully saturated rings. The molecule has 78 heavy (non-hydrogen) atoms. The summed E-state index contributed by atoms with van der Waals surface area (Å²) < 4.78 is 19.8. The smallest absolute Gasteiger partial charge is 1.00 e. The minimum Gasteiger partial charge on any atom is -1.00 e. The monoisotopic (exact) mass is 1180 g/mol. The van der Waals surface area contributed by atoms with E-state index < -0.39 is 31.7 Å². The molecule has 4 saturated heterocycles. The molecule has 0 aromatic heterocycles. The first-order valence-electron chi connectivity index (χ1n) is 26.4. The largest absolute Gasteiger partial charge is 3.00 e. The van der Waals surface area contributed by atoms with Gasteiger partial charge in [0, 0.05) is 52.9 Å². The van der Waals surface area contributed by atoms with Crippen LogP contribution >= 0.6 is 31.7 Å². The maximum atomic E-state index is 4.94. The third-order valence-electron chi connectivity index (χ3n) is 12.0. The molecule has 0 bridgehead atoms. The summed E-state index contributed by atoms with van der Waals surface area (Å²) in [6, 6.07) is 87.3. The number of halogens is 2. The van der Waals surface area contributed by atoms with Gasteiger partial charge in [-0.05, 0) is 51.4 Å². The molecule has 4 heterocycles. The maximum Gasteiger partial charge on any atom is 3.00 e. The van der Waals surface area contributed by atoms with Gasteiger partial charge in [0.15, 0.2) is 0 Å². The Morgan fingerprint density at radius 3 is 0.423 bits per heavy atom. The Labute approximate surface area is 508 Å². The van der Waals surface area contributed by atoms with E-state index in [-0.39, 0.29) is 61.0 Å². The first-order chi connectivity index (χ1) is 36.8. The van der Waals surface area contributed by atoms with Crippen molar-refractivity contribution >= 4 is 74.1 Å². The molecule has 1 radical (unpaired) electrons. The fraction of sp³-hybridized carbons (Fsp3) is 0.242. The molecule has 12 heteroatoms. The summed E-state index contributed by atoms with van der Waals surface area (Å²) in [6.45, 7) is 8.00. The van der Waals surface area contributed by atoms with Gasteiger partial charge in [0.05, 0.1) is 0 Å². The zero-order valence-electron chi connectivity index (χ0n) is 45.1. The van der Waals surface area contributed by atoms with Crippen LogP contribution < -0.4 is 86.1 Å².